The predicted octanol–water partition coefficient (Wildman–Crippen LogP) is 1.82. The van der Waals surface area contributed by atoms with Gasteiger partial charge in [0.15, 0.2) is 16.9 Å². The fraction of sp³-hybridized carbons (Fsp3) is 0.429. The first kappa shape index (κ1) is 19.3. The van der Waals surface area contributed by atoms with E-state index in [1.165, 1.54) is 4.90 Å². The highest BCUT2D eigenvalue weighted by molar-refractivity contribution is 6.31. The molecule has 0 amide bonds. The van der Waals surface area contributed by atoms with Crippen molar-refractivity contribution in [3.8, 4) is 29.7 Å². The van der Waals surface area contributed by atoms with Crippen molar-refractivity contribution >= 4 is 17.3 Å². The number of nitrogens with one attached hydrogen (secondary N) is 2. The van der Waals surface area contributed by atoms with Crippen LogP contribution >= 0.6 is 11.6 Å². The number of quaternary nitrogens is 1. The molecule has 4 rings (SSSR count). The zero-order valence-corrected chi connectivity index (χ0v) is 16.6. The van der Waals surface area contributed by atoms with Crippen LogP contribution in [0.2, 0.25) is 5.02 Å². The van der Waals surface area contributed by atoms with E-state index in [-0.39, 0.29) is 18.4 Å². The third-order valence-corrected chi connectivity index (χ3v) is 6.61. The lowest BCUT2D eigenvalue weighted by atomic mass is 9.54. The SMILES string of the molecule is CC[NH+]1CC=C2C(C#N)C(=N)C(C#N)(C#N)[C@H](c3cc4c(cc3Cl)OCO4)[C@@H]2C1. The second-order valence-electron chi connectivity index (χ2n) is 7.53. The van der Waals surface area contributed by atoms with Crippen LogP contribution in [0, 0.1) is 56.7 Å². The number of rotatable bonds is 2. The van der Waals surface area contributed by atoms with Crippen LogP contribution in [0.4, 0.5) is 0 Å². The number of nitrogens with zero attached hydrogens (tertiary/aromatic N) is 3. The zero-order chi connectivity index (χ0) is 20.8. The molecule has 8 heteroatoms. The van der Waals surface area contributed by atoms with Gasteiger partial charge in [0.25, 0.3) is 0 Å². The molecule has 0 spiro atoms. The number of likely N-dealkylation sites (N-methyl/N-ethyl adjacent to an activating group) is 1. The van der Waals surface area contributed by atoms with Crippen molar-refractivity contribution in [1.82, 2.24) is 0 Å². The number of halogens is 1. The summed E-state index contributed by atoms with van der Waals surface area (Å²) in [5, 5.41) is 39.0. The lowest BCUT2D eigenvalue weighted by Gasteiger charge is -2.46. The largest absolute Gasteiger partial charge is 0.454 e. The summed E-state index contributed by atoms with van der Waals surface area (Å²) in [7, 11) is 0. The molecule has 1 aliphatic carbocycles. The lowest BCUT2D eigenvalue weighted by Crippen LogP contribution is -3.13. The van der Waals surface area contributed by atoms with Gasteiger partial charge in [0.1, 0.15) is 5.92 Å². The van der Waals surface area contributed by atoms with Crippen LogP contribution in [0.1, 0.15) is 18.4 Å². The predicted molar refractivity (Wildman–Crippen MR) is 104 cm³/mol. The summed E-state index contributed by atoms with van der Waals surface area (Å²) in [6.07, 6.45) is 2.00. The molecule has 2 N–H and O–H groups in total. The molecule has 0 saturated heterocycles. The van der Waals surface area contributed by atoms with Gasteiger partial charge in [0, 0.05) is 22.9 Å². The van der Waals surface area contributed by atoms with Crippen LogP contribution < -0.4 is 14.4 Å². The summed E-state index contributed by atoms with van der Waals surface area (Å²) >= 11 is 6.59. The van der Waals surface area contributed by atoms with Gasteiger partial charge < -0.3 is 19.8 Å². The van der Waals surface area contributed by atoms with Gasteiger partial charge in [-0.15, -0.1) is 0 Å². The highest BCUT2D eigenvalue weighted by Gasteiger charge is 2.59. The number of fused-ring (bicyclic) bond motifs is 2. The molecule has 1 aromatic carbocycles. The molecule has 3 aliphatic rings. The topological polar surface area (TPSA) is 118 Å². The van der Waals surface area contributed by atoms with E-state index in [0.29, 0.717) is 28.6 Å². The summed E-state index contributed by atoms with van der Waals surface area (Å²) in [5.41, 5.74) is -0.565. The summed E-state index contributed by atoms with van der Waals surface area (Å²) in [6.45, 7) is 4.44. The van der Waals surface area contributed by atoms with Crippen LogP contribution in [0.15, 0.2) is 23.8 Å². The monoisotopic (exact) mass is 408 g/mol. The van der Waals surface area contributed by atoms with Gasteiger partial charge in [-0.05, 0) is 30.2 Å². The zero-order valence-electron chi connectivity index (χ0n) is 15.8. The van der Waals surface area contributed by atoms with Crippen LogP contribution in [0.5, 0.6) is 11.5 Å². The van der Waals surface area contributed by atoms with Crippen LogP contribution in [0.25, 0.3) is 0 Å². The van der Waals surface area contributed by atoms with E-state index in [4.69, 9.17) is 26.5 Å². The molecular weight excluding hydrogens is 390 g/mol. The average molecular weight is 409 g/mol. The van der Waals surface area contributed by atoms with Gasteiger partial charge in [-0.25, -0.2) is 0 Å². The molecule has 2 heterocycles. The Morgan fingerprint density at radius 3 is 2.55 bits per heavy atom. The van der Waals surface area contributed by atoms with Crippen molar-refractivity contribution < 1.29 is 14.4 Å². The summed E-state index contributed by atoms with van der Waals surface area (Å²) in [4.78, 5) is 1.29. The molecular formula is C21H19ClN5O2+. The molecule has 4 atom stereocenters. The highest BCUT2D eigenvalue weighted by atomic mass is 35.5. The van der Waals surface area contributed by atoms with E-state index in [1.807, 2.05) is 6.08 Å². The van der Waals surface area contributed by atoms with Gasteiger partial charge in [-0.1, -0.05) is 11.6 Å². The minimum absolute atomic E-state index is 0.0795. The van der Waals surface area contributed by atoms with E-state index in [1.54, 1.807) is 12.1 Å². The molecule has 2 aliphatic heterocycles. The Balaban J connectivity index is 1.96. The Kier molecular flexibility index (Phi) is 4.71. The highest BCUT2D eigenvalue weighted by Crippen LogP contribution is 2.55. The summed E-state index contributed by atoms with van der Waals surface area (Å²) in [6, 6.07) is 9.68. The quantitative estimate of drug-likeness (QED) is 0.723. The molecule has 0 aromatic heterocycles. The van der Waals surface area contributed by atoms with E-state index in [2.05, 4.69) is 25.1 Å². The summed E-state index contributed by atoms with van der Waals surface area (Å²) in [5.74, 6) is -0.788. The van der Waals surface area contributed by atoms with Gasteiger partial charge in [-0.2, -0.15) is 15.8 Å². The van der Waals surface area contributed by atoms with Crippen molar-refractivity contribution in [2.45, 2.75) is 12.8 Å². The Morgan fingerprint density at radius 1 is 1.24 bits per heavy atom. The molecule has 7 nitrogen and oxygen atoms in total. The molecule has 1 fully saturated rings. The fourth-order valence-corrected chi connectivity index (χ4v) is 5.04. The van der Waals surface area contributed by atoms with E-state index >= 15 is 0 Å². The number of hydrogen-bond donors (Lipinski definition) is 2. The maximum absolute atomic E-state index is 10.1. The normalized spacial score (nSPS) is 29.1. The Hall–Kier alpha value is -3.05. The molecule has 1 aromatic rings. The summed E-state index contributed by atoms with van der Waals surface area (Å²) < 4.78 is 10.9. The minimum atomic E-state index is -1.78. The third kappa shape index (κ3) is 2.69. The van der Waals surface area contributed by atoms with Crippen LogP contribution in [-0.2, 0) is 0 Å². The van der Waals surface area contributed by atoms with Crippen LogP contribution in [-0.4, -0.2) is 32.1 Å². The van der Waals surface area contributed by atoms with Crippen molar-refractivity contribution in [2.24, 2.45) is 17.3 Å². The van der Waals surface area contributed by atoms with E-state index < -0.39 is 17.3 Å². The first-order chi connectivity index (χ1) is 14.0. The maximum Gasteiger partial charge on any atom is 0.231 e. The van der Waals surface area contributed by atoms with Crippen molar-refractivity contribution in [3.63, 3.8) is 0 Å². The van der Waals surface area contributed by atoms with Gasteiger partial charge in [0.05, 0.1) is 43.6 Å². The van der Waals surface area contributed by atoms with E-state index in [0.717, 1.165) is 18.7 Å². The number of nitriles is 3. The molecule has 0 bridgehead atoms. The lowest BCUT2D eigenvalue weighted by molar-refractivity contribution is -0.897. The molecule has 29 heavy (non-hydrogen) atoms. The van der Waals surface area contributed by atoms with Gasteiger partial charge >= 0.3 is 0 Å². The first-order valence-electron chi connectivity index (χ1n) is 9.44. The standard InChI is InChI=1S/C21H18ClN5O2/c1-2-27-4-3-12-14(7-23)20(26)21(9-24,10-25)19(15(12)8-27)13-5-17-18(6-16(13)22)29-11-28-17/h3,5-6,14-15,19,26H,2,4,8,11H2,1H3/p+1/t14?,15-,19-/m1/s1. The Labute approximate surface area is 173 Å². The maximum atomic E-state index is 10.1. The van der Waals surface area contributed by atoms with Crippen molar-refractivity contribution in [2.75, 3.05) is 26.4 Å². The van der Waals surface area contributed by atoms with Gasteiger partial charge in [0.2, 0.25) is 6.79 Å². The second-order valence-corrected chi connectivity index (χ2v) is 7.94. The Morgan fingerprint density at radius 2 is 1.93 bits per heavy atom. The molecule has 1 saturated carbocycles. The van der Waals surface area contributed by atoms with Crippen molar-refractivity contribution in [1.29, 1.82) is 21.2 Å². The Bertz CT molecular complexity index is 1030. The first-order valence-corrected chi connectivity index (χ1v) is 9.82. The third-order valence-electron chi connectivity index (χ3n) is 6.29. The number of hydrogen-bond acceptors (Lipinski definition) is 6. The van der Waals surface area contributed by atoms with Gasteiger partial charge in [-0.3, -0.25) is 0 Å². The minimum Gasteiger partial charge on any atom is -0.454 e. The molecule has 0 radical (unpaired) electrons. The van der Waals surface area contributed by atoms with Crippen molar-refractivity contribution in [3.05, 3.63) is 34.4 Å². The average Bonchev–Trinajstić information content (AvgIpc) is 3.19. The number of ether oxygens (including phenoxy) is 2. The fourth-order valence-electron chi connectivity index (χ4n) is 4.77. The second kappa shape index (κ2) is 7.08. The smallest absolute Gasteiger partial charge is 0.231 e. The van der Waals surface area contributed by atoms with E-state index in [9.17, 15) is 15.8 Å². The van der Waals surface area contributed by atoms with Crippen LogP contribution in [0.3, 0.4) is 0 Å². The number of benzene rings is 1. The molecule has 2 unspecified atom stereocenters. The molecule has 146 valence electrons.